The molecule has 1 saturated heterocycles. The first-order valence-electron chi connectivity index (χ1n) is 9.77. The molecule has 1 fully saturated rings. The maximum Gasteiger partial charge on any atom is 0.168 e. The fraction of sp³-hybridized carbons (Fsp3) is 0.409. The van der Waals surface area contributed by atoms with Crippen molar-refractivity contribution < 1.29 is 8.78 Å². The number of piperazine rings is 1. The molecule has 1 N–H and O–H groups in total. The normalized spacial score (nSPS) is 15.1. The summed E-state index contributed by atoms with van der Waals surface area (Å²) in [5.41, 5.74) is 2.13. The van der Waals surface area contributed by atoms with Gasteiger partial charge in [0.2, 0.25) is 0 Å². The van der Waals surface area contributed by atoms with E-state index in [-0.39, 0.29) is 17.6 Å². The topological polar surface area (TPSA) is 18.5 Å². The molecule has 1 aliphatic heterocycles. The zero-order valence-electron chi connectivity index (χ0n) is 16.2. The van der Waals surface area contributed by atoms with Gasteiger partial charge in [-0.2, -0.15) is 0 Å². The highest BCUT2D eigenvalue weighted by atomic mass is 32.1. The highest BCUT2D eigenvalue weighted by Gasteiger charge is 2.19. The van der Waals surface area contributed by atoms with Crippen LogP contribution in [0.15, 0.2) is 48.5 Å². The summed E-state index contributed by atoms with van der Waals surface area (Å²) in [7, 11) is 1.86. The lowest BCUT2D eigenvalue weighted by Crippen LogP contribution is -2.51. The molecule has 0 saturated carbocycles. The molecule has 2 aromatic carbocycles. The van der Waals surface area contributed by atoms with E-state index in [9.17, 15) is 8.78 Å². The minimum absolute atomic E-state index is 0.138. The lowest BCUT2D eigenvalue weighted by Gasteiger charge is -2.36. The van der Waals surface area contributed by atoms with E-state index in [0.717, 1.165) is 61.8 Å². The van der Waals surface area contributed by atoms with Gasteiger partial charge in [0, 0.05) is 39.1 Å². The van der Waals surface area contributed by atoms with E-state index >= 15 is 0 Å². The molecule has 0 aliphatic carbocycles. The van der Waals surface area contributed by atoms with Gasteiger partial charge in [0.15, 0.2) is 5.11 Å². The molecule has 0 amide bonds. The van der Waals surface area contributed by atoms with Gasteiger partial charge in [0.25, 0.3) is 0 Å². The Morgan fingerprint density at radius 2 is 1.43 bits per heavy atom. The van der Waals surface area contributed by atoms with Gasteiger partial charge >= 0.3 is 0 Å². The Morgan fingerprint density at radius 1 is 0.929 bits per heavy atom. The molecule has 28 heavy (non-hydrogen) atoms. The Bertz CT molecular complexity index is 711. The van der Waals surface area contributed by atoms with Crippen LogP contribution in [0.1, 0.15) is 29.9 Å². The summed E-state index contributed by atoms with van der Waals surface area (Å²) in [6, 6.07) is 13.3. The van der Waals surface area contributed by atoms with Crippen LogP contribution in [-0.4, -0.2) is 54.7 Å². The van der Waals surface area contributed by atoms with E-state index in [0.29, 0.717) is 0 Å². The SMILES string of the molecule is CNC(=S)N1CCN(CCCC(c2ccc(F)cc2)c2ccc(F)cc2)CC1. The van der Waals surface area contributed by atoms with E-state index in [1.54, 1.807) is 0 Å². The van der Waals surface area contributed by atoms with Crippen molar-refractivity contribution in [2.75, 3.05) is 39.8 Å². The Hall–Kier alpha value is -2.05. The summed E-state index contributed by atoms with van der Waals surface area (Å²) < 4.78 is 26.7. The first kappa shape index (κ1) is 20.7. The van der Waals surface area contributed by atoms with Crippen LogP contribution < -0.4 is 5.32 Å². The van der Waals surface area contributed by atoms with Gasteiger partial charge in [-0.3, -0.25) is 4.90 Å². The second kappa shape index (κ2) is 9.94. The van der Waals surface area contributed by atoms with Crippen LogP contribution in [-0.2, 0) is 0 Å². The Balaban J connectivity index is 1.59. The number of hydrogen-bond acceptors (Lipinski definition) is 2. The summed E-state index contributed by atoms with van der Waals surface area (Å²) in [5.74, 6) is -0.336. The largest absolute Gasteiger partial charge is 0.366 e. The number of hydrogen-bond donors (Lipinski definition) is 1. The third-order valence-electron chi connectivity index (χ3n) is 5.39. The average Bonchev–Trinajstić information content (AvgIpc) is 2.73. The standard InChI is InChI=1S/C22H27F2N3S/c1-25-22(28)27-15-13-26(14-16-27)12-2-3-21(17-4-8-19(23)9-5-17)18-6-10-20(24)11-7-18/h4-11,21H,2-3,12-16H2,1H3,(H,25,28). The molecule has 3 rings (SSSR count). The molecule has 0 radical (unpaired) electrons. The first-order chi connectivity index (χ1) is 13.6. The van der Waals surface area contributed by atoms with Gasteiger partial charge in [0.1, 0.15) is 11.6 Å². The molecule has 0 atom stereocenters. The molecular weight excluding hydrogens is 376 g/mol. The van der Waals surface area contributed by atoms with Crippen LogP contribution in [0.2, 0.25) is 0 Å². The second-order valence-corrected chi connectivity index (χ2v) is 7.57. The zero-order chi connectivity index (χ0) is 19.9. The lowest BCUT2D eigenvalue weighted by molar-refractivity contribution is 0.178. The molecule has 6 heteroatoms. The van der Waals surface area contributed by atoms with Crippen molar-refractivity contribution in [2.45, 2.75) is 18.8 Å². The first-order valence-corrected chi connectivity index (χ1v) is 10.2. The Labute approximate surface area is 171 Å². The average molecular weight is 404 g/mol. The van der Waals surface area contributed by atoms with Crippen molar-refractivity contribution in [3.63, 3.8) is 0 Å². The van der Waals surface area contributed by atoms with Crippen molar-refractivity contribution in [3.8, 4) is 0 Å². The van der Waals surface area contributed by atoms with E-state index in [1.807, 2.05) is 31.3 Å². The predicted octanol–water partition coefficient (Wildman–Crippen LogP) is 4.00. The second-order valence-electron chi connectivity index (χ2n) is 7.18. The Morgan fingerprint density at radius 3 is 1.89 bits per heavy atom. The van der Waals surface area contributed by atoms with Crippen molar-refractivity contribution in [1.29, 1.82) is 0 Å². The number of nitrogens with one attached hydrogen (secondary N) is 1. The van der Waals surface area contributed by atoms with Gasteiger partial charge in [-0.1, -0.05) is 24.3 Å². The van der Waals surface area contributed by atoms with Gasteiger partial charge < -0.3 is 10.2 Å². The molecule has 1 aliphatic rings. The molecule has 1 heterocycles. The maximum atomic E-state index is 13.3. The molecule has 0 aromatic heterocycles. The van der Waals surface area contributed by atoms with Gasteiger partial charge in [0.05, 0.1) is 0 Å². The Kier molecular flexibility index (Phi) is 7.34. The van der Waals surface area contributed by atoms with E-state index in [4.69, 9.17) is 12.2 Å². The smallest absolute Gasteiger partial charge is 0.168 e. The van der Waals surface area contributed by atoms with Crippen LogP contribution in [0.4, 0.5) is 8.78 Å². The molecule has 2 aromatic rings. The fourth-order valence-corrected chi connectivity index (χ4v) is 3.95. The van der Waals surface area contributed by atoms with Crippen molar-refractivity contribution in [2.24, 2.45) is 0 Å². The molecular formula is C22H27F2N3S. The monoisotopic (exact) mass is 403 g/mol. The minimum atomic E-state index is -0.237. The van der Waals surface area contributed by atoms with Gasteiger partial charge in [-0.05, 0) is 67.0 Å². The van der Waals surface area contributed by atoms with Gasteiger partial charge in [-0.25, -0.2) is 8.78 Å². The highest BCUT2D eigenvalue weighted by molar-refractivity contribution is 7.80. The van der Waals surface area contributed by atoms with Crippen LogP contribution in [0.5, 0.6) is 0 Å². The van der Waals surface area contributed by atoms with Crippen molar-refractivity contribution >= 4 is 17.3 Å². The van der Waals surface area contributed by atoms with Gasteiger partial charge in [-0.15, -0.1) is 0 Å². The third-order valence-corrected chi connectivity index (χ3v) is 5.85. The van der Waals surface area contributed by atoms with E-state index in [1.165, 1.54) is 24.3 Å². The molecule has 0 spiro atoms. The van der Waals surface area contributed by atoms with Crippen LogP contribution in [0.3, 0.4) is 0 Å². The number of nitrogens with zero attached hydrogens (tertiary/aromatic N) is 2. The maximum absolute atomic E-state index is 13.3. The lowest BCUT2D eigenvalue weighted by atomic mass is 9.87. The number of benzene rings is 2. The highest BCUT2D eigenvalue weighted by Crippen LogP contribution is 2.29. The molecule has 3 nitrogen and oxygen atoms in total. The minimum Gasteiger partial charge on any atom is -0.366 e. The quantitative estimate of drug-likeness (QED) is 0.735. The summed E-state index contributed by atoms with van der Waals surface area (Å²) >= 11 is 5.30. The van der Waals surface area contributed by atoms with Crippen LogP contribution in [0.25, 0.3) is 0 Å². The summed E-state index contributed by atoms with van der Waals surface area (Å²) in [6.07, 6.45) is 1.96. The number of halogens is 2. The van der Waals surface area contributed by atoms with Crippen molar-refractivity contribution in [1.82, 2.24) is 15.1 Å². The summed E-state index contributed by atoms with van der Waals surface area (Å²) in [4.78, 5) is 4.66. The molecule has 150 valence electrons. The summed E-state index contributed by atoms with van der Waals surface area (Å²) in [6.45, 7) is 4.90. The van der Waals surface area contributed by atoms with E-state index < -0.39 is 0 Å². The third kappa shape index (κ3) is 5.49. The summed E-state index contributed by atoms with van der Waals surface area (Å²) in [5, 5.41) is 3.85. The van der Waals surface area contributed by atoms with Crippen LogP contribution in [0, 0.1) is 11.6 Å². The molecule has 0 unspecified atom stereocenters. The zero-order valence-corrected chi connectivity index (χ0v) is 17.0. The van der Waals surface area contributed by atoms with E-state index in [2.05, 4.69) is 15.1 Å². The fourth-order valence-electron chi connectivity index (χ4n) is 3.77. The molecule has 0 bridgehead atoms. The number of thiocarbonyl (C=S) groups is 1. The number of rotatable bonds is 6. The van der Waals surface area contributed by atoms with Crippen LogP contribution >= 0.6 is 12.2 Å². The predicted molar refractivity (Wildman–Crippen MR) is 114 cm³/mol. The van der Waals surface area contributed by atoms with Crippen molar-refractivity contribution in [3.05, 3.63) is 71.3 Å².